The molecule has 1 aliphatic rings. The fourth-order valence-electron chi connectivity index (χ4n) is 2.78. The number of nitrogens with two attached hydrogens (primary N) is 1. The van der Waals surface area contributed by atoms with E-state index in [1.165, 1.54) is 22.5 Å². The molecule has 1 aliphatic heterocycles. The number of nitrogens with one attached hydrogen (secondary N) is 1. The molecule has 0 amide bonds. The van der Waals surface area contributed by atoms with E-state index in [1.807, 2.05) is 6.07 Å². The summed E-state index contributed by atoms with van der Waals surface area (Å²) in [5.74, 6) is 0. The van der Waals surface area contributed by atoms with Gasteiger partial charge in [0.1, 0.15) is 0 Å². The number of piperazine rings is 1. The van der Waals surface area contributed by atoms with Crippen LogP contribution in [0.1, 0.15) is 11.6 Å². The van der Waals surface area contributed by atoms with E-state index >= 15 is 0 Å². The lowest BCUT2D eigenvalue weighted by molar-refractivity contribution is 0.271. The molecule has 3 rings (SSSR count). The second-order valence-corrected chi connectivity index (χ2v) is 9.09. The van der Waals surface area contributed by atoms with Crippen LogP contribution in [0.3, 0.4) is 0 Å². The molecular formula is C15H18N4O4S2. The summed E-state index contributed by atoms with van der Waals surface area (Å²) in [4.78, 5) is 3.71. The normalized spacial score (nSPS) is 19.6. The first-order valence-corrected chi connectivity index (χ1v) is 10.5. The van der Waals surface area contributed by atoms with Crippen LogP contribution in [0.25, 0.3) is 0 Å². The van der Waals surface area contributed by atoms with Crippen molar-refractivity contribution in [3.63, 3.8) is 0 Å². The van der Waals surface area contributed by atoms with Crippen molar-refractivity contribution in [3.8, 4) is 0 Å². The number of rotatable bonds is 4. The van der Waals surface area contributed by atoms with Crippen molar-refractivity contribution in [1.29, 1.82) is 0 Å². The molecule has 10 heteroatoms. The maximum atomic E-state index is 13.1. The number of aromatic nitrogens is 1. The van der Waals surface area contributed by atoms with Crippen molar-refractivity contribution in [2.45, 2.75) is 15.8 Å². The monoisotopic (exact) mass is 382 g/mol. The van der Waals surface area contributed by atoms with E-state index in [1.54, 1.807) is 18.5 Å². The first kappa shape index (κ1) is 18.0. The van der Waals surface area contributed by atoms with E-state index in [2.05, 4.69) is 10.3 Å². The van der Waals surface area contributed by atoms with Crippen LogP contribution in [0.15, 0.2) is 58.6 Å². The molecule has 1 unspecified atom stereocenters. The smallest absolute Gasteiger partial charge is 0.243 e. The van der Waals surface area contributed by atoms with Gasteiger partial charge in [0.15, 0.2) is 0 Å². The molecule has 2 aromatic rings. The Morgan fingerprint density at radius 3 is 2.56 bits per heavy atom. The van der Waals surface area contributed by atoms with Crippen molar-refractivity contribution >= 4 is 20.0 Å². The predicted molar refractivity (Wildman–Crippen MR) is 91.6 cm³/mol. The van der Waals surface area contributed by atoms with Crippen LogP contribution in [0.2, 0.25) is 0 Å². The van der Waals surface area contributed by atoms with Crippen molar-refractivity contribution in [1.82, 2.24) is 14.6 Å². The summed E-state index contributed by atoms with van der Waals surface area (Å²) in [6.45, 7) is 1.21. The first-order chi connectivity index (χ1) is 11.8. The molecule has 0 radical (unpaired) electrons. The van der Waals surface area contributed by atoms with Gasteiger partial charge in [-0.3, -0.25) is 4.98 Å². The highest BCUT2D eigenvalue weighted by molar-refractivity contribution is 7.90. The van der Waals surface area contributed by atoms with Crippen LogP contribution in [0, 0.1) is 0 Å². The Labute approximate surface area is 146 Å². The van der Waals surface area contributed by atoms with E-state index in [0.29, 0.717) is 13.1 Å². The molecule has 2 heterocycles. The first-order valence-electron chi connectivity index (χ1n) is 7.55. The van der Waals surface area contributed by atoms with Gasteiger partial charge in [0.25, 0.3) is 0 Å². The van der Waals surface area contributed by atoms with E-state index in [4.69, 9.17) is 5.14 Å². The molecule has 1 fully saturated rings. The zero-order valence-corrected chi connectivity index (χ0v) is 14.9. The maximum absolute atomic E-state index is 13.1. The fraction of sp³-hybridized carbons (Fsp3) is 0.267. The lowest BCUT2D eigenvalue weighted by Crippen LogP contribution is -2.48. The van der Waals surface area contributed by atoms with Crippen LogP contribution in [-0.2, 0) is 20.0 Å². The van der Waals surface area contributed by atoms with Gasteiger partial charge in [0.05, 0.1) is 15.8 Å². The number of primary sulfonamides is 1. The minimum absolute atomic E-state index is 0.102. The number of nitrogens with zero attached hydrogens (tertiary/aromatic N) is 2. The van der Waals surface area contributed by atoms with Crippen molar-refractivity contribution < 1.29 is 16.8 Å². The minimum atomic E-state index is -3.99. The third-order valence-electron chi connectivity index (χ3n) is 4.00. The van der Waals surface area contributed by atoms with Gasteiger partial charge in [-0.15, -0.1) is 0 Å². The van der Waals surface area contributed by atoms with E-state index in [-0.39, 0.29) is 16.3 Å². The summed E-state index contributed by atoms with van der Waals surface area (Å²) in [6, 6.07) is 8.23. The Bertz CT molecular complexity index is 962. The molecular weight excluding hydrogens is 364 g/mol. The molecule has 0 bridgehead atoms. The average molecular weight is 382 g/mol. The Morgan fingerprint density at radius 2 is 1.88 bits per heavy atom. The van der Waals surface area contributed by atoms with Crippen LogP contribution in [-0.4, -0.2) is 45.8 Å². The summed E-state index contributed by atoms with van der Waals surface area (Å²) in [5, 5.41) is 8.28. The summed E-state index contributed by atoms with van der Waals surface area (Å²) in [6.07, 6.45) is 3.25. The lowest BCUT2D eigenvalue weighted by atomic mass is 10.1. The quantitative estimate of drug-likeness (QED) is 0.771. The Morgan fingerprint density at radius 1 is 1.12 bits per heavy atom. The molecule has 8 nitrogen and oxygen atoms in total. The zero-order valence-electron chi connectivity index (χ0n) is 13.2. The topological polar surface area (TPSA) is 122 Å². The highest BCUT2D eigenvalue weighted by Gasteiger charge is 2.34. The Balaban J connectivity index is 2.03. The Kier molecular flexibility index (Phi) is 4.89. The van der Waals surface area contributed by atoms with Gasteiger partial charge in [-0.2, -0.15) is 4.31 Å². The summed E-state index contributed by atoms with van der Waals surface area (Å²) < 4.78 is 50.6. The van der Waals surface area contributed by atoms with Crippen LogP contribution >= 0.6 is 0 Å². The molecule has 1 aromatic carbocycles. The zero-order chi connectivity index (χ0) is 18.1. The van der Waals surface area contributed by atoms with Gasteiger partial charge in [-0.1, -0.05) is 12.1 Å². The summed E-state index contributed by atoms with van der Waals surface area (Å²) in [7, 11) is -7.88. The van der Waals surface area contributed by atoms with Crippen LogP contribution in [0.5, 0.6) is 0 Å². The fourth-order valence-corrected chi connectivity index (χ4v) is 5.07. The van der Waals surface area contributed by atoms with Crippen molar-refractivity contribution in [2.75, 3.05) is 19.6 Å². The largest absolute Gasteiger partial charge is 0.313 e. The number of hydrogen-bond acceptors (Lipinski definition) is 6. The molecule has 1 aromatic heterocycles. The van der Waals surface area contributed by atoms with Gasteiger partial charge in [-0.25, -0.2) is 22.0 Å². The second kappa shape index (κ2) is 6.81. The molecule has 0 spiro atoms. The highest BCUT2D eigenvalue weighted by Crippen LogP contribution is 2.29. The third kappa shape index (κ3) is 3.72. The molecule has 1 saturated heterocycles. The summed E-state index contributed by atoms with van der Waals surface area (Å²) in [5.41, 5.74) is 0.765. The molecule has 0 aliphatic carbocycles. The maximum Gasteiger partial charge on any atom is 0.243 e. The van der Waals surface area contributed by atoms with Gasteiger partial charge >= 0.3 is 0 Å². The minimum Gasteiger partial charge on any atom is -0.313 e. The van der Waals surface area contributed by atoms with E-state index in [9.17, 15) is 16.8 Å². The van der Waals surface area contributed by atoms with Gasteiger partial charge < -0.3 is 5.32 Å². The number of sulfonamides is 2. The average Bonchev–Trinajstić information content (AvgIpc) is 2.62. The predicted octanol–water partition coefficient (Wildman–Crippen LogP) is 0.0642. The van der Waals surface area contributed by atoms with Gasteiger partial charge in [-0.05, 0) is 29.8 Å². The molecule has 1 atom stereocenters. The van der Waals surface area contributed by atoms with E-state index in [0.717, 1.165) is 11.6 Å². The lowest BCUT2D eigenvalue weighted by Gasteiger charge is -2.35. The Hall–Kier alpha value is -1.85. The van der Waals surface area contributed by atoms with Gasteiger partial charge in [0.2, 0.25) is 20.0 Å². The van der Waals surface area contributed by atoms with Gasteiger partial charge in [0, 0.05) is 32.0 Å². The number of pyridine rings is 1. The standard InChI is InChI=1S/C15H18N4O4S2/c16-24(20,21)13-4-1-5-14(9-13)25(22,23)19-8-7-18-11-15(19)12-3-2-6-17-10-12/h1-6,9-10,15,18H,7-8,11H2,(H2,16,20,21). The number of benzene rings is 1. The SMILES string of the molecule is NS(=O)(=O)c1cccc(S(=O)(=O)N2CCNCC2c2cccnc2)c1. The summed E-state index contributed by atoms with van der Waals surface area (Å²) >= 11 is 0. The number of hydrogen-bond donors (Lipinski definition) is 2. The van der Waals surface area contributed by atoms with Crippen LogP contribution < -0.4 is 10.5 Å². The van der Waals surface area contributed by atoms with Crippen molar-refractivity contribution in [2.24, 2.45) is 5.14 Å². The molecule has 134 valence electrons. The van der Waals surface area contributed by atoms with Crippen LogP contribution in [0.4, 0.5) is 0 Å². The van der Waals surface area contributed by atoms with E-state index < -0.39 is 26.1 Å². The third-order valence-corrected chi connectivity index (χ3v) is 6.82. The second-order valence-electron chi connectivity index (χ2n) is 5.64. The van der Waals surface area contributed by atoms with Crippen molar-refractivity contribution in [3.05, 3.63) is 54.4 Å². The highest BCUT2D eigenvalue weighted by atomic mass is 32.2. The molecule has 0 saturated carbocycles. The molecule has 25 heavy (non-hydrogen) atoms. The molecule has 3 N–H and O–H groups in total.